The number of carbonyl (C=O) groups is 6. The maximum Gasteiger partial charge on any atom is 0.289 e. The fourth-order valence-corrected chi connectivity index (χ4v) is 7.37. The van der Waals surface area contributed by atoms with Crippen LogP contribution >= 0.6 is 0 Å². The summed E-state index contributed by atoms with van der Waals surface area (Å²) in [5.41, 5.74) is -0.665. The van der Waals surface area contributed by atoms with Crippen LogP contribution in [0.4, 0.5) is 0 Å². The Morgan fingerprint density at radius 1 is 0.820 bits per heavy atom. The van der Waals surface area contributed by atoms with Crippen LogP contribution in [-0.4, -0.2) is 86.9 Å². The third-order valence-electron chi connectivity index (χ3n) is 10.3. The highest BCUT2D eigenvalue weighted by molar-refractivity contribution is 6.38. The summed E-state index contributed by atoms with van der Waals surface area (Å²) in [7, 11) is 0. The van der Waals surface area contributed by atoms with Crippen LogP contribution in [0.3, 0.4) is 0 Å². The Balaban J connectivity index is 1.58. The number of rotatable bonds is 16. The van der Waals surface area contributed by atoms with Crippen LogP contribution in [0.1, 0.15) is 129 Å². The molecular formula is C37H57N7O6. The Kier molecular flexibility index (Phi) is 13.9. The second-order valence-corrected chi connectivity index (χ2v) is 15.3. The summed E-state index contributed by atoms with van der Waals surface area (Å²) < 4.78 is 0. The van der Waals surface area contributed by atoms with E-state index in [0.29, 0.717) is 12.8 Å². The lowest BCUT2D eigenvalue weighted by Crippen LogP contribution is -2.64. The smallest absolute Gasteiger partial charge is 0.289 e. The van der Waals surface area contributed by atoms with Gasteiger partial charge in [0.25, 0.3) is 11.8 Å². The van der Waals surface area contributed by atoms with Crippen molar-refractivity contribution in [2.75, 3.05) is 6.54 Å². The first-order valence-electron chi connectivity index (χ1n) is 18.7. The van der Waals surface area contributed by atoms with Crippen LogP contribution in [0.25, 0.3) is 0 Å². The van der Waals surface area contributed by atoms with Crippen LogP contribution < -0.4 is 21.3 Å². The van der Waals surface area contributed by atoms with Crippen molar-refractivity contribution in [2.24, 2.45) is 17.3 Å². The quantitative estimate of drug-likeness (QED) is 0.190. The third-order valence-corrected chi connectivity index (χ3v) is 10.3. The number of Topliss-reactive ketones (excluding diaryl/α,β-unsaturated/α-hetero) is 1. The van der Waals surface area contributed by atoms with E-state index in [0.717, 1.165) is 70.6 Å². The molecule has 0 saturated heterocycles. The van der Waals surface area contributed by atoms with Gasteiger partial charge in [0.2, 0.25) is 23.5 Å². The van der Waals surface area contributed by atoms with Crippen LogP contribution in [0.2, 0.25) is 0 Å². The molecule has 1 heterocycles. The van der Waals surface area contributed by atoms with Crippen LogP contribution in [0, 0.1) is 17.3 Å². The van der Waals surface area contributed by atoms with Crippen molar-refractivity contribution in [3.63, 3.8) is 0 Å². The summed E-state index contributed by atoms with van der Waals surface area (Å²) in [5, 5.41) is 11.5. The number of nitrogens with one attached hydrogen (secondary N) is 4. The van der Waals surface area contributed by atoms with Gasteiger partial charge in [-0.15, -0.1) is 0 Å². The minimum Gasteiger partial charge on any atom is -0.347 e. The van der Waals surface area contributed by atoms with Gasteiger partial charge in [0, 0.05) is 25.0 Å². The highest BCUT2D eigenvalue weighted by Gasteiger charge is 2.45. The monoisotopic (exact) mass is 695 g/mol. The van der Waals surface area contributed by atoms with Crippen LogP contribution in [0.15, 0.2) is 18.6 Å². The molecule has 3 saturated carbocycles. The molecule has 4 N–H and O–H groups in total. The standard InChI is InChI=1S/C37H57N7O6/c1-6-13-26(30(45)35(49)40-25-18-19-25)41-34(48)29(24-16-11-12-17-24)44(7-2)36(50)31(37(3,4)5)43-33(47)28(23-14-9-8-10-15-23)42-32(46)27-22-38-20-21-39-27/h20-26,28-29,31H,6-19H2,1-5H3,(H,40,49)(H,41,48)(H,42,46)(H,43,47)/t26-,28-,29-,31+/m0/s1. The second kappa shape index (κ2) is 17.8. The van der Waals surface area contributed by atoms with Crippen LogP contribution in [-0.2, 0) is 24.0 Å². The number of hydrogen-bond donors (Lipinski definition) is 4. The molecule has 3 aliphatic rings. The normalized spacial score (nSPS) is 19.4. The Bertz CT molecular complexity index is 1350. The van der Waals surface area contributed by atoms with Crippen molar-refractivity contribution < 1.29 is 28.8 Å². The zero-order chi connectivity index (χ0) is 36.4. The molecule has 0 radical (unpaired) electrons. The fourth-order valence-electron chi connectivity index (χ4n) is 7.37. The number of nitrogens with zero attached hydrogens (tertiary/aromatic N) is 3. The summed E-state index contributed by atoms with van der Waals surface area (Å²) in [6.45, 7) is 9.45. The minimum absolute atomic E-state index is 0.00598. The zero-order valence-corrected chi connectivity index (χ0v) is 30.5. The molecular weight excluding hydrogens is 638 g/mol. The molecule has 276 valence electrons. The van der Waals surface area contributed by atoms with E-state index >= 15 is 0 Å². The summed E-state index contributed by atoms with van der Waals surface area (Å²) >= 11 is 0. The molecule has 0 aliphatic heterocycles. The molecule has 0 spiro atoms. The maximum atomic E-state index is 14.7. The molecule has 1 aromatic rings. The molecule has 4 rings (SSSR count). The fraction of sp³-hybridized carbons (Fsp3) is 0.730. The Morgan fingerprint density at radius 2 is 1.46 bits per heavy atom. The molecule has 13 heteroatoms. The van der Waals surface area contributed by atoms with E-state index in [1.54, 1.807) is 6.92 Å². The van der Waals surface area contributed by atoms with Crippen molar-refractivity contribution in [2.45, 2.75) is 148 Å². The predicted octanol–water partition coefficient (Wildman–Crippen LogP) is 3.23. The summed E-state index contributed by atoms with van der Waals surface area (Å²) in [6, 6.07) is -3.80. The number of likely N-dealkylation sites (N-methyl/N-ethyl adjacent to an activating group) is 1. The average Bonchev–Trinajstić information content (AvgIpc) is 3.76. The van der Waals surface area contributed by atoms with Gasteiger partial charge >= 0.3 is 0 Å². The molecule has 1 aromatic heterocycles. The molecule has 3 fully saturated rings. The summed E-state index contributed by atoms with van der Waals surface area (Å²) in [5.74, 6) is -3.49. The van der Waals surface area contributed by atoms with Crippen molar-refractivity contribution in [1.29, 1.82) is 0 Å². The highest BCUT2D eigenvalue weighted by atomic mass is 16.2. The molecule has 50 heavy (non-hydrogen) atoms. The molecule has 0 unspecified atom stereocenters. The summed E-state index contributed by atoms with van der Waals surface area (Å²) in [4.78, 5) is 91.8. The highest BCUT2D eigenvalue weighted by Crippen LogP contribution is 2.33. The lowest BCUT2D eigenvalue weighted by Gasteiger charge is -2.41. The van der Waals surface area contributed by atoms with Crippen molar-refractivity contribution in [1.82, 2.24) is 36.1 Å². The first kappa shape index (κ1) is 38.9. The van der Waals surface area contributed by atoms with Gasteiger partial charge in [-0.05, 0) is 69.1 Å². The lowest BCUT2D eigenvalue weighted by molar-refractivity contribution is -0.148. The molecule has 4 atom stereocenters. The van der Waals surface area contributed by atoms with Gasteiger partial charge in [0.15, 0.2) is 0 Å². The zero-order valence-electron chi connectivity index (χ0n) is 30.5. The average molecular weight is 696 g/mol. The molecule has 5 amide bonds. The van der Waals surface area contributed by atoms with Gasteiger partial charge in [-0.25, -0.2) is 4.98 Å². The van der Waals surface area contributed by atoms with E-state index in [-0.39, 0.29) is 30.1 Å². The van der Waals surface area contributed by atoms with E-state index in [2.05, 4.69) is 31.2 Å². The Hall–Kier alpha value is -3.90. The predicted molar refractivity (Wildman–Crippen MR) is 187 cm³/mol. The minimum atomic E-state index is -1.02. The maximum absolute atomic E-state index is 14.7. The molecule has 13 nitrogen and oxygen atoms in total. The lowest BCUT2D eigenvalue weighted by atomic mass is 9.81. The number of carbonyl (C=O) groups excluding carboxylic acids is 6. The van der Waals surface area contributed by atoms with Gasteiger partial charge < -0.3 is 26.2 Å². The number of aromatic nitrogens is 2. The first-order chi connectivity index (χ1) is 23.8. The molecule has 3 aliphatic carbocycles. The Morgan fingerprint density at radius 3 is 2.02 bits per heavy atom. The molecule has 0 bridgehead atoms. The summed E-state index contributed by atoms with van der Waals surface area (Å²) in [6.07, 6.45) is 14.5. The van der Waals surface area contributed by atoms with Gasteiger partial charge in [0.05, 0.1) is 12.2 Å². The van der Waals surface area contributed by atoms with Gasteiger partial charge in [0.1, 0.15) is 23.8 Å². The van der Waals surface area contributed by atoms with E-state index < -0.39 is 64.9 Å². The van der Waals surface area contributed by atoms with Gasteiger partial charge in [-0.2, -0.15) is 0 Å². The topological polar surface area (TPSA) is 180 Å². The Labute approximate surface area is 296 Å². The largest absolute Gasteiger partial charge is 0.347 e. The van der Waals surface area contributed by atoms with Crippen molar-refractivity contribution in [3.05, 3.63) is 24.3 Å². The first-order valence-corrected chi connectivity index (χ1v) is 18.7. The van der Waals surface area contributed by atoms with Crippen LogP contribution in [0.5, 0.6) is 0 Å². The van der Waals surface area contributed by atoms with Crippen molar-refractivity contribution in [3.8, 4) is 0 Å². The van der Waals surface area contributed by atoms with E-state index in [9.17, 15) is 28.8 Å². The van der Waals surface area contributed by atoms with E-state index in [1.807, 2.05) is 27.7 Å². The third kappa shape index (κ3) is 10.3. The van der Waals surface area contributed by atoms with E-state index in [4.69, 9.17) is 0 Å². The molecule has 0 aromatic carbocycles. The SMILES string of the molecule is CCC[C@H](NC(=O)[C@H](C1CCCC1)N(CC)C(=O)[C@@H](NC(=O)[C@@H](NC(=O)c1cnccn1)C1CCCCC1)C(C)(C)C)C(=O)C(=O)NC1CC1. The van der Waals surface area contributed by atoms with Crippen molar-refractivity contribution >= 4 is 35.3 Å². The number of ketones is 1. The van der Waals surface area contributed by atoms with Gasteiger partial charge in [-0.3, -0.25) is 33.8 Å². The number of amides is 5. The van der Waals surface area contributed by atoms with E-state index in [1.165, 1.54) is 23.5 Å². The van der Waals surface area contributed by atoms with Gasteiger partial charge in [-0.1, -0.05) is 66.2 Å². The second-order valence-electron chi connectivity index (χ2n) is 15.3. The number of hydrogen-bond acceptors (Lipinski definition) is 8.